The molecule has 20 heavy (non-hydrogen) atoms. The smallest absolute Gasteiger partial charge is 0.338 e. The van der Waals surface area contributed by atoms with Crippen LogP contribution in [-0.2, 0) is 14.2 Å². The molecule has 0 amide bonds. The Labute approximate surface area is 119 Å². The fraction of sp³-hybridized carbons (Fsp3) is 0.562. The molecule has 2 fully saturated rings. The number of hydrogen-bond acceptors (Lipinski definition) is 4. The lowest BCUT2D eigenvalue weighted by Crippen LogP contribution is -2.34. The van der Waals surface area contributed by atoms with Crippen molar-refractivity contribution < 1.29 is 19.0 Å². The number of ether oxygens (including phenoxy) is 3. The van der Waals surface area contributed by atoms with E-state index in [9.17, 15) is 4.79 Å². The molecule has 1 heterocycles. The molecule has 1 aromatic rings. The topological polar surface area (TPSA) is 44.8 Å². The minimum Gasteiger partial charge on any atom is -0.465 e. The second-order valence-electron chi connectivity index (χ2n) is 5.46. The first kappa shape index (κ1) is 13.6. The molecule has 0 aromatic heterocycles. The van der Waals surface area contributed by atoms with E-state index in [0.29, 0.717) is 24.7 Å². The molecule has 1 saturated carbocycles. The van der Waals surface area contributed by atoms with Gasteiger partial charge in [-0.15, -0.1) is 0 Å². The Hall–Kier alpha value is -1.39. The third-order valence-electron chi connectivity index (χ3n) is 4.37. The van der Waals surface area contributed by atoms with Gasteiger partial charge in [0.15, 0.2) is 5.79 Å². The summed E-state index contributed by atoms with van der Waals surface area (Å²) in [6, 6.07) is 7.73. The summed E-state index contributed by atoms with van der Waals surface area (Å²) in [5, 5.41) is 0. The van der Waals surface area contributed by atoms with E-state index in [1.54, 1.807) is 0 Å². The van der Waals surface area contributed by atoms with Crippen molar-refractivity contribution in [2.45, 2.75) is 37.4 Å². The van der Waals surface area contributed by atoms with Gasteiger partial charge in [0.05, 0.1) is 25.9 Å². The average molecular weight is 276 g/mol. The second kappa shape index (κ2) is 5.54. The molecule has 0 radical (unpaired) electrons. The first-order valence-corrected chi connectivity index (χ1v) is 7.19. The van der Waals surface area contributed by atoms with E-state index < -0.39 is 0 Å². The molecule has 1 aromatic carbocycles. The van der Waals surface area contributed by atoms with Crippen molar-refractivity contribution in [3.8, 4) is 0 Å². The summed E-state index contributed by atoms with van der Waals surface area (Å²) in [6.07, 6.45) is 3.75. The van der Waals surface area contributed by atoms with E-state index in [4.69, 9.17) is 14.2 Å². The Kier molecular flexibility index (Phi) is 3.76. The first-order chi connectivity index (χ1) is 9.74. The molecule has 0 N–H and O–H groups in total. The minimum absolute atomic E-state index is 0.255. The lowest BCUT2D eigenvalue weighted by atomic mass is 9.79. The maximum absolute atomic E-state index is 11.9. The number of esters is 1. The molecular weight excluding hydrogens is 256 g/mol. The van der Waals surface area contributed by atoms with Crippen LogP contribution >= 0.6 is 0 Å². The summed E-state index contributed by atoms with van der Waals surface area (Å²) in [5.41, 5.74) is 1.77. The molecule has 2 aliphatic rings. The second-order valence-corrected chi connectivity index (χ2v) is 5.46. The average Bonchev–Trinajstić information content (AvgIpc) is 2.95. The van der Waals surface area contributed by atoms with Crippen molar-refractivity contribution >= 4 is 5.97 Å². The molecule has 4 heteroatoms. The lowest BCUT2D eigenvalue weighted by Gasteiger charge is -2.35. The van der Waals surface area contributed by atoms with Crippen molar-refractivity contribution in [2.24, 2.45) is 0 Å². The van der Waals surface area contributed by atoms with E-state index >= 15 is 0 Å². The standard InChI is InChI=1S/C16H20O4/c1-18-15(17)14-5-3-2-4-13(14)12-6-8-16(9-7-12)19-10-11-20-16/h2-5,12H,6-11H2,1H3. The van der Waals surface area contributed by atoms with E-state index in [1.165, 1.54) is 7.11 Å². The van der Waals surface area contributed by atoms with Gasteiger partial charge >= 0.3 is 5.97 Å². The van der Waals surface area contributed by atoms with Crippen molar-refractivity contribution in [1.29, 1.82) is 0 Å². The molecule has 0 unspecified atom stereocenters. The van der Waals surface area contributed by atoms with Crippen molar-refractivity contribution in [2.75, 3.05) is 20.3 Å². The van der Waals surface area contributed by atoms with Crippen molar-refractivity contribution in [1.82, 2.24) is 0 Å². The summed E-state index contributed by atoms with van der Waals surface area (Å²) in [4.78, 5) is 11.9. The van der Waals surface area contributed by atoms with Gasteiger partial charge in [-0.05, 0) is 30.4 Å². The summed E-state index contributed by atoms with van der Waals surface area (Å²) in [5.74, 6) is -0.227. The third-order valence-corrected chi connectivity index (χ3v) is 4.37. The van der Waals surface area contributed by atoms with Crippen molar-refractivity contribution in [3.05, 3.63) is 35.4 Å². The van der Waals surface area contributed by atoms with Crippen LogP contribution in [0.25, 0.3) is 0 Å². The predicted octanol–water partition coefficient (Wildman–Crippen LogP) is 2.87. The van der Waals surface area contributed by atoms with Crippen LogP contribution in [0.5, 0.6) is 0 Å². The number of benzene rings is 1. The fourth-order valence-corrected chi connectivity index (χ4v) is 3.30. The molecule has 0 atom stereocenters. The van der Waals surface area contributed by atoms with Gasteiger partial charge in [0.2, 0.25) is 0 Å². The maximum atomic E-state index is 11.9. The Bertz CT molecular complexity index is 481. The highest BCUT2D eigenvalue weighted by atomic mass is 16.7. The van der Waals surface area contributed by atoms with Crippen molar-refractivity contribution in [3.63, 3.8) is 0 Å². The monoisotopic (exact) mass is 276 g/mol. The molecule has 4 nitrogen and oxygen atoms in total. The summed E-state index contributed by atoms with van der Waals surface area (Å²) in [7, 11) is 1.43. The third kappa shape index (κ3) is 2.45. The summed E-state index contributed by atoms with van der Waals surface area (Å²) >= 11 is 0. The van der Waals surface area contributed by atoms with Crippen LogP contribution in [0.1, 0.15) is 47.5 Å². The van der Waals surface area contributed by atoms with Gasteiger partial charge in [-0.3, -0.25) is 0 Å². The highest BCUT2D eigenvalue weighted by Crippen LogP contribution is 2.43. The number of carbonyl (C=O) groups excluding carboxylic acids is 1. The Morgan fingerprint density at radius 3 is 2.50 bits per heavy atom. The fourth-order valence-electron chi connectivity index (χ4n) is 3.30. The minimum atomic E-state index is -0.350. The largest absolute Gasteiger partial charge is 0.465 e. The van der Waals surface area contributed by atoms with Crippen LogP contribution in [0.4, 0.5) is 0 Å². The molecule has 1 saturated heterocycles. The van der Waals surface area contributed by atoms with Crippen LogP contribution < -0.4 is 0 Å². The van der Waals surface area contributed by atoms with Crippen LogP contribution in [0, 0.1) is 0 Å². The van der Waals surface area contributed by atoms with Gasteiger partial charge in [0, 0.05) is 12.8 Å². The van der Waals surface area contributed by atoms with E-state index in [0.717, 1.165) is 31.2 Å². The first-order valence-electron chi connectivity index (χ1n) is 7.19. The SMILES string of the molecule is COC(=O)c1ccccc1C1CCC2(CC1)OCCO2. The highest BCUT2D eigenvalue weighted by Gasteiger charge is 2.41. The van der Waals surface area contributed by atoms with Gasteiger partial charge in [0.1, 0.15) is 0 Å². The van der Waals surface area contributed by atoms with Crippen LogP contribution in [0.15, 0.2) is 24.3 Å². The number of hydrogen-bond donors (Lipinski definition) is 0. The maximum Gasteiger partial charge on any atom is 0.338 e. The van der Waals surface area contributed by atoms with E-state index in [1.807, 2.05) is 24.3 Å². The Morgan fingerprint density at radius 2 is 1.85 bits per heavy atom. The van der Waals surface area contributed by atoms with Gasteiger partial charge in [0.25, 0.3) is 0 Å². The normalized spacial score (nSPS) is 22.1. The highest BCUT2D eigenvalue weighted by molar-refractivity contribution is 5.91. The zero-order valence-electron chi connectivity index (χ0n) is 11.8. The molecular formula is C16H20O4. The molecule has 1 aliphatic carbocycles. The molecule has 1 spiro atoms. The van der Waals surface area contributed by atoms with Gasteiger partial charge in [-0.1, -0.05) is 18.2 Å². The summed E-state index contributed by atoms with van der Waals surface area (Å²) < 4.78 is 16.4. The zero-order valence-corrected chi connectivity index (χ0v) is 11.8. The Morgan fingerprint density at radius 1 is 1.20 bits per heavy atom. The molecule has 0 bridgehead atoms. The number of methoxy groups -OCH3 is 1. The van der Waals surface area contributed by atoms with Gasteiger partial charge < -0.3 is 14.2 Å². The molecule has 3 rings (SSSR count). The lowest BCUT2D eigenvalue weighted by molar-refractivity contribution is -0.178. The number of carbonyl (C=O) groups is 1. The van der Waals surface area contributed by atoms with E-state index in [-0.39, 0.29) is 11.8 Å². The zero-order chi connectivity index (χ0) is 14.0. The Balaban J connectivity index is 1.76. The predicted molar refractivity (Wildman–Crippen MR) is 73.6 cm³/mol. The quantitative estimate of drug-likeness (QED) is 0.779. The van der Waals surface area contributed by atoms with Crippen LogP contribution in [0.2, 0.25) is 0 Å². The summed E-state index contributed by atoms with van der Waals surface area (Å²) in [6.45, 7) is 1.40. The molecule has 108 valence electrons. The molecule has 1 aliphatic heterocycles. The number of rotatable bonds is 2. The van der Waals surface area contributed by atoms with Crippen LogP contribution in [-0.4, -0.2) is 32.1 Å². The van der Waals surface area contributed by atoms with Gasteiger partial charge in [-0.25, -0.2) is 4.79 Å². The van der Waals surface area contributed by atoms with Gasteiger partial charge in [-0.2, -0.15) is 0 Å². The van der Waals surface area contributed by atoms with Crippen LogP contribution in [0.3, 0.4) is 0 Å². The van der Waals surface area contributed by atoms with E-state index in [2.05, 4.69) is 0 Å².